The Bertz CT molecular complexity index is 187. The van der Waals surface area contributed by atoms with Crippen LogP contribution < -0.4 is 5.73 Å². The summed E-state index contributed by atoms with van der Waals surface area (Å²) in [6.07, 6.45) is 10.2. The highest BCUT2D eigenvalue weighted by molar-refractivity contribution is 4.77. The molecule has 0 bridgehead atoms. The molecule has 0 aromatic carbocycles. The van der Waals surface area contributed by atoms with Crippen LogP contribution in [0.1, 0.15) is 58.3 Å². The Morgan fingerprint density at radius 3 is 2.24 bits per heavy atom. The first-order chi connectivity index (χ1) is 8.14. The molecule has 3 heteroatoms. The van der Waals surface area contributed by atoms with Crippen LogP contribution in [-0.2, 0) is 0 Å². The van der Waals surface area contributed by atoms with Gasteiger partial charge in [-0.2, -0.15) is 0 Å². The van der Waals surface area contributed by atoms with Crippen molar-refractivity contribution in [1.82, 2.24) is 4.90 Å². The van der Waals surface area contributed by atoms with Crippen molar-refractivity contribution in [3.8, 4) is 0 Å². The Morgan fingerprint density at radius 2 is 1.65 bits per heavy atom. The van der Waals surface area contributed by atoms with E-state index in [9.17, 15) is 0 Å². The third kappa shape index (κ3) is 7.02. The molecule has 1 atom stereocenters. The van der Waals surface area contributed by atoms with Gasteiger partial charge in [-0.3, -0.25) is 0 Å². The van der Waals surface area contributed by atoms with Gasteiger partial charge in [0.05, 0.1) is 6.61 Å². The summed E-state index contributed by atoms with van der Waals surface area (Å²) in [6.45, 7) is 5.79. The molecule has 1 aliphatic rings. The first kappa shape index (κ1) is 14.9. The van der Waals surface area contributed by atoms with Crippen molar-refractivity contribution in [3.63, 3.8) is 0 Å². The fraction of sp³-hybridized carbons (Fsp3) is 1.00. The summed E-state index contributed by atoms with van der Waals surface area (Å²) in [6, 6.07) is 0. The minimum absolute atomic E-state index is 0.0940. The molecule has 1 saturated heterocycles. The highest BCUT2D eigenvalue weighted by Gasteiger charge is 2.16. The van der Waals surface area contributed by atoms with Gasteiger partial charge in [-0.15, -0.1) is 0 Å². The van der Waals surface area contributed by atoms with Gasteiger partial charge in [0, 0.05) is 5.54 Å². The topological polar surface area (TPSA) is 49.5 Å². The van der Waals surface area contributed by atoms with Gasteiger partial charge in [-0.25, -0.2) is 0 Å². The second-order valence-electron chi connectivity index (χ2n) is 5.88. The van der Waals surface area contributed by atoms with E-state index in [2.05, 4.69) is 4.90 Å². The van der Waals surface area contributed by atoms with E-state index in [-0.39, 0.29) is 12.1 Å². The van der Waals surface area contributed by atoms with E-state index in [1.54, 1.807) is 0 Å². The van der Waals surface area contributed by atoms with Crippen LogP contribution >= 0.6 is 0 Å². The molecule has 0 amide bonds. The smallest absolute Gasteiger partial charge is 0.0608 e. The third-order valence-corrected chi connectivity index (χ3v) is 3.78. The van der Waals surface area contributed by atoms with Gasteiger partial charge in [0.1, 0.15) is 0 Å². The van der Waals surface area contributed by atoms with Crippen LogP contribution in [0.2, 0.25) is 0 Å². The van der Waals surface area contributed by atoms with E-state index in [1.165, 1.54) is 58.2 Å². The second-order valence-corrected chi connectivity index (χ2v) is 5.88. The first-order valence-corrected chi connectivity index (χ1v) is 7.26. The molecule has 0 radical (unpaired) electrons. The van der Waals surface area contributed by atoms with Crippen LogP contribution in [0.25, 0.3) is 0 Å². The molecule has 0 aromatic rings. The molecule has 0 spiro atoms. The summed E-state index contributed by atoms with van der Waals surface area (Å²) in [5.41, 5.74) is 5.54. The largest absolute Gasteiger partial charge is 0.394 e. The predicted molar refractivity (Wildman–Crippen MR) is 73.1 cm³/mol. The summed E-state index contributed by atoms with van der Waals surface area (Å²) >= 11 is 0. The maximum Gasteiger partial charge on any atom is 0.0608 e. The van der Waals surface area contributed by atoms with Gasteiger partial charge >= 0.3 is 0 Å². The zero-order valence-electron chi connectivity index (χ0n) is 11.5. The average Bonchev–Trinajstić information content (AvgIpc) is 2.26. The van der Waals surface area contributed by atoms with Crippen molar-refractivity contribution in [2.75, 3.05) is 26.2 Å². The van der Waals surface area contributed by atoms with Crippen molar-refractivity contribution >= 4 is 0 Å². The molecule has 17 heavy (non-hydrogen) atoms. The zero-order chi connectivity index (χ0) is 12.6. The molecule has 1 aliphatic heterocycles. The van der Waals surface area contributed by atoms with Crippen LogP contribution in [0.15, 0.2) is 0 Å². The lowest BCUT2D eigenvalue weighted by Gasteiger charge is -2.25. The summed E-state index contributed by atoms with van der Waals surface area (Å²) in [5, 5.41) is 9.08. The van der Waals surface area contributed by atoms with Crippen molar-refractivity contribution in [2.24, 2.45) is 5.73 Å². The zero-order valence-corrected chi connectivity index (χ0v) is 11.5. The average molecular weight is 242 g/mol. The number of aliphatic hydroxyl groups is 1. The Kier molecular flexibility index (Phi) is 7.09. The number of rotatable bonds is 6. The molecule has 3 N–H and O–H groups in total. The van der Waals surface area contributed by atoms with Crippen molar-refractivity contribution in [2.45, 2.75) is 63.8 Å². The molecule has 0 saturated carbocycles. The van der Waals surface area contributed by atoms with E-state index >= 15 is 0 Å². The molecule has 102 valence electrons. The number of aliphatic hydroxyl groups excluding tert-OH is 1. The lowest BCUT2D eigenvalue weighted by atomic mass is 9.97. The van der Waals surface area contributed by atoms with Gasteiger partial charge in [-0.1, -0.05) is 25.7 Å². The number of nitrogens with two attached hydrogens (primary N) is 1. The molecular weight excluding hydrogens is 212 g/mol. The summed E-state index contributed by atoms with van der Waals surface area (Å²) in [5.74, 6) is 0. The summed E-state index contributed by atoms with van der Waals surface area (Å²) in [4.78, 5) is 2.60. The molecule has 0 aromatic heterocycles. The van der Waals surface area contributed by atoms with E-state index in [0.29, 0.717) is 0 Å². The van der Waals surface area contributed by atoms with Crippen LogP contribution in [0.4, 0.5) is 0 Å². The molecule has 1 unspecified atom stereocenters. The van der Waals surface area contributed by atoms with Gasteiger partial charge < -0.3 is 15.7 Å². The Balaban J connectivity index is 2.08. The maximum atomic E-state index is 9.08. The number of hydrogen-bond donors (Lipinski definition) is 2. The van der Waals surface area contributed by atoms with E-state index < -0.39 is 0 Å². The van der Waals surface area contributed by atoms with Crippen molar-refractivity contribution in [1.29, 1.82) is 0 Å². The molecule has 1 rings (SSSR count). The molecule has 1 fully saturated rings. The molecule has 3 nitrogen and oxygen atoms in total. The maximum absolute atomic E-state index is 9.08. The van der Waals surface area contributed by atoms with E-state index in [0.717, 1.165) is 12.8 Å². The Morgan fingerprint density at radius 1 is 1.06 bits per heavy atom. The summed E-state index contributed by atoms with van der Waals surface area (Å²) in [7, 11) is 0. The van der Waals surface area contributed by atoms with E-state index in [1.807, 2.05) is 6.92 Å². The fourth-order valence-electron chi connectivity index (χ4n) is 2.48. The SMILES string of the molecule is CC(N)(CO)CCCCN1CCCCCCC1. The van der Waals surface area contributed by atoms with Crippen molar-refractivity contribution in [3.05, 3.63) is 0 Å². The van der Waals surface area contributed by atoms with Gasteiger partial charge in [-0.05, 0) is 52.2 Å². The number of nitrogens with zero attached hydrogens (tertiary/aromatic N) is 1. The molecular formula is C14H30N2O. The molecule has 0 aliphatic carbocycles. The summed E-state index contributed by atoms with van der Waals surface area (Å²) < 4.78 is 0. The van der Waals surface area contributed by atoms with Crippen molar-refractivity contribution < 1.29 is 5.11 Å². The molecule has 1 heterocycles. The normalized spacial score (nSPS) is 22.8. The minimum atomic E-state index is -0.379. The van der Waals surface area contributed by atoms with Crippen LogP contribution in [0.3, 0.4) is 0 Å². The lowest BCUT2D eigenvalue weighted by molar-refractivity contribution is 0.192. The number of unbranched alkanes of at least 4 members (excludes halogenated alkanes) is 1. The predicted octanol–water partition coefficient (Wildman–Crippen LogP) is 2.13. The number of likely N-dealkylation sites (tertiary alicyclic amines) is 1. The van der Waals surface area contributed by atoms with Crippen LogP contribution in [0, 0.1) is 0 Å². The standard InChI is InChI=1S/C14H30N2O/c1-14(15,13-17)9-5-8-12-16-10-6-3-2-4-7-11-16/h17H,2-13,15H2,1H3. The second kappa shape index (κ2) is 8.06. The quantitative estimate of drug-likeness (QED) is 0.702. The monoisotopic (exact) mass is 242 g/mol. The highest BCUT2D eigenvalue weighted by Crippen LogP contribution is 2.13. The minimum Gasteiger partial charge on any atom is -0.394 e. The lowest BCUT2D eigenvalue weighted by Crippen LogP contribution is -2.40. The first-order valence-electron chi connectivity index (χ1n) is 7.26. The van der Waals surface area contributed by atoms with Gasteiger partial charge in [0.2, 0.25) is 0 Å². The highest BCUT2D eigenvalue weighted by atomic mass is 16.3. The van der Waals surface area contributed by atoms with Gasteiger partial charge in [0.25, 0.3) is 0 Å². The Labute approximate surface area is 106 Å². The third-order valence-electron chi connectivity index (χ3n) is 3.78. The Hall–Kier alpha value is -0.120. The fourth-order valence-corrected chi connectivity index (χ4v) is 2.48. The van der Waals surface area contributed by atoms with Gasteiger partial charge in [0.15, 0.2) is 0 Å². The van der Waals surface area contributed by atoms with Crippen LogP contribution in [-0.4, -0.2) is 41.8 Å². The number of hydrogen-bond acceptors (Lipinski definition) is 3. The van der Waals surface area contributed by atoms with Crippen LogP contribution in [0.5, 0.6) is 0 Å². The van der Waals surface area contributed by atoms with E-state index in [4.69, 9.17) is 10.8 Å².